The smallest absolute Gasteiger partial charge is 0.246 e. The highest BCUT2D eigenvalue weighted by Crippen LogP contribution is 2.67. The third kappa shape index (κ3) is 15.7. The lowest BCUT2D eigenvalue weighted by atomic mass is 9.47. The van der Waals surface area contributed by atoms with Crippen molar-refractivity contribution in [1.82, 2.24) is 30.9 Å². The van der Waals surface area contributed by atoms with Crippen LogP contribution in [0.2, 0.25) is 0 Å². The number of amides is 2. The molecule has 0 bridgehead atoms. The number of rotatable bonds is 29. The van der Waals surface area contributed by atoms with Crippen LogP contribution in [0, 0.1) is 46.3 Å². The zero-order chi connectivity index (χ0) is 55.8. The lowest BCUT2D eigenvalue weighted by Crippen LogP contribution is -2.51. The summed E-state index contributed by atoms with van der Waals surface area (Å²) in [5.74, 6) is 4.29. The average Bonchev–Trinajstić information content (AvgIpc) is 4.19. The standard InChI is InChI=1S/C63H90N6O9/c1-42(2)13-12-14-43(3)51-21-22-52-49-20-19-46-37-47(27-29-62(46,4)53(49)28-30-63(51,52)5)64-31-8-9-32-65-60(74)40-78-41-61(75)66-33-10-11-34-69-39-48(67-68-69)38-50(54(70)23-15-44-17-25-56(72)58(35-44)76-6)55(71)24-16-45-18-26-57(73)59(36-45)77-7/h15-19,23-26,35-36,39,42-43,47,49,51-53,64,70,72-73H,8-14,20-22,27-34,37-38,40-41H2,1-7H3,(H,65,74)(H,66,75)/b23-15+,24-16+,54-50-/t43-,47+,49+,51-,52+,53+,62+,63-/m1/s1. The molecule has 8 atom stereocenters. The molecule has 1 aromatic heterocycles. The number of allylic oxidation sites excluding steroid dienone is 4. The van der Waals surface area contributed by atoms with Crippen LogP contribution in [-0.4, -0.2) is 101 Å². The number of aliphatic hydroxyl groups is 1. The number of hydrogen-bond donors (Lipinski definition) is 6. The lowest BCUT2D eigenvalue weighted by molar-refractivity contribution is -0.131. The average molecular weight is 1080 g/mol. The Morgan fingerprint density at radius 1 is 0.795 bits per heavy atom. The molecule has 0 radical (unpaired) electrons. The SMILES string of the molecule is COc1cc(/C=C/C(=O)/C(Cc2cn(CCCCNC(=O)COCC(=O)NCCCCN[C@H]3CC[C@@]4(C)C(=CC[C@H]5[C@@H]6CC[C@H]([C@H](C)CCCC(C)C)[C@@]6(C)CC[C@@H]54)C3)nn2)=C(O)/C=C/c2ccc(O)c(OC)c2)ccc1O. The summed E-state index contributed by atoms with van der Waals surface area (Å²) in [6.45, 7) is 14.7. The molecule has 6 N–H and O–H groups in total. The largest absolute Gasteiger partial charge is 0.508 e. The molecule has 15 heteroatoms. The second-order valence-corrected chi connectivity index (χ2v) is 23.7. The number of nitrogens with one attached hydrogen (secondary N) is 3. The summed E-state index contributed by atoms with van der Waals surface area (Å²) in [4.78, 5) is 38.5. The molecule has 426 valence electrons. The Morgan fingerprint density at radius 2 is 1.45 bits per heavy atom. The number of ketones is 1. The van der Waals surface area contributed by atoms with Gasteiger partial charge in [-0.2, -0.15) is 0 Å². The number of aromatic nitrogens is 3. The van der Waals surface area contributed by atoms with Gasteiger partial charge in [-0.05, 0) is 177 Å². The zero-order valence-corrected chi connectivity index (χ0v) is 47.7. The van der Waals surface area contributed by atoms with Gasteiger partial charge in [0.05, 0.1) is 19.9 Å². The van der Waals surface area contributed by atoms with Crippen molar-refractivity contribution in [2.24, 2.45) is 46.3 Å². The molecule has 2 amide bonds. The van der Waals surface area contributed by atoms with Crippen LogP contribution in [0.25, 0.3) is 12.2 Å². The van der Waals surface area contributed by atoms with Crippen LogP contribution in [-0.2, 0) is 32.1 Å². The van der Waals surface area contributed by atoms with E-state index in [9.17, 15) is 29.7 Å². The van der Waals surface area contributed by atoms with E-state index in [1.807, 2.05) is 0 Å². The molecule has 4 aliphatic carbocycles. The Bertz CT molecular complexity index is 2620. The zero-order valence-electron chi connectivity index (χ0n) is 47.7. The van der Waals surface area contributed by atoms with Gasteiger partial charge in [0.2, 0.25) is 11.8 Å². The van der Waals surface area contributed by atoms with Gasteiger partial charge in [-0.3, -0.25) is 19.1 Å². The molecule has 4 aliphatic rings. The van der Waals surface area contributed by atoms with Crippen molar-refractivity contribution in [2.75, 3.05) is 47.1 Å². The number of fused-ring (bicyclic) bond motifs is 5. The van der Waals surface area contributed by atoms with Gasteiger partial charge >= 0.3 is 0 Å². The van der Waals surface area contributed by atoms with Gasteiger partial charge in [-0.1, -0.05) is 95.0 Å². The van der Waals surface area contributed by atoms with Crippen LogP contribution in [0.4, 0.5) is 0 Å². The third-order valence-electron chi connectivity index (χ3n) is 18.1. The van der Waals surface area contributed by atoms with E-state index in [-0.39, 0.29) is 65.8 Å². The van der Waals surface area contributed by atoms with Gasteiger partial charge in [-0.15, -0.1) is 5.10 Å². The van der Waals surface area contributed by atoms with E-state index in [2.05, 4.69) is 67.0 Å². The van der Waals surface area contributed by atoms with Crippen LogP contribution < -0.4 is 25.4 Å². The van der Waals surface area contributed by atoms with Crippen molar-refractivity contribution >= 4 is 29.7 Å². The number of methoxy groups -OCH3 is 2. The minimum absolute atomic E-state index is 0.0266. The summed E-state index contributed by atoms with van der Waals surface area (Å²) < 4.78 is 17.4. The first-order valence-corrected chi connectivity index (χ1v) is 29.0. The van der Waals surface area contributed by atoms with E-state index in [0.717, 1.165) is 54.9 Å². The number of nitrogens with zero attached hydrogens (tertiary/aromatic N) is 3. The third-order valence-corrected chi connectivity index (χ3v) is 18.1. The number of phenols is 2. The second-order valence-electron chi connectivity index (χ2n) is 23.7. The number of unbranched alkanes of at least 4 members (excludes halogenated alkanes) is 2. The van der Waals surface area contributed by atoms with E-state index < -0.39 is 5.78 Å². The molecular weight excluding hydrogens is 985 g/mol. The highest BCUT2D eigenvalue weighted by Gasteiger charge is 2.59. The van der Waals surface area contributed by atoms with Crippen LogP contribution in [0.5, 0.6) is 23.0 Å². The number of phenolic OH excluding ortho intramolecular Hbond substituents is 2. The summed E-state index contributed by atoms with van der Waals surface area (Å²) in [6, 6.07) is 9.90. The van der Waals surface area contributed by atoms with E-state index in [4.69, 9.17) is 14.2 Å². The van der Waals surface area contributed by atoms with E-state index >= 15 is 0 Å². The Balaban J connectivity index is 0.754. The maximum absolute atomic E-state index is 13.6. The normalized spacial score (nSPS) is 24.5. The fraction of sp³-hybridized carbons (Fsp3) is 0.603. The molecule has 2 aromatic carbocycles. The number of aromatic hydroxyl groups is 2. The molecule has 78 heavy (non-hydrogen) atoms. The number of aryl methyl sites for hydroxylation is 1. The first kappa shape index (κ1) is 59.7. The minimum Gasteiger partial charge on any atom is -0.508 e. The molecule has 0 unspecified atom stereocenters. The Morgan fingerprint density at radius 3 is 2.12 bits per heavy atom. The summed E-state index contributed by atoms with van der Waals surface area (Å²) in [5, 5.41) is 49.2. The van der Waals surface area contributed by atoms with E-state index in [0.29, 0.717) is 66.2 Å². The van der Waals surface area contributed by atoms with Gasteiger partial charge < -0.3 is 45.5 Å². The summed E-state index contributed by atoms with van der Waals surface area (Å²) in [7, 11) is 2.87. The van der Waals surface area contributed by atoms with Crippen molar-refractivity contribution in [2.45, 2.75) is 150 Å². The van der Waals surface area contributed by atoms with Crippen molar-refractivity contribution in [3.63, 3.8) is 0 Å². The van der Waals surface area contributed by atoms with Crippen LogP contribution in [0.15, 0.2) is 77.7 Å². The van der Waals surface area contributed by atoms with Crippen LogP contribution in [0.3, 0.4) is 0 Å². The highest BCUT2D eigenvalue weighted by atomic mass is 16.5. The first-order valence-electron chi connectivity index (χ1n) is 29.0. The molecule has 1 heterocycles. The molecule has 7 rings (SSSR count). The number of carbonyl (C=O) groups excluding carboxylic acids is 3. The number of carbonyl (C=O) groups is 3. The van der Waals surface area contributed by atoms with Gasteiger partial charge in [-0.25, -0.2) is 0 Å². The summed E-state index contributed by atoms with van der Waals surface area (Å²) in [6.07, 6.45) is 28.3. The molecule has 3 aromatic rings. The Hall–Kier alpha value is -5.93. The molecule has 0 aliphatic heterocycles. The maximum atomic E-state index is 13.6. The molecule has 3 fully saturated rings. The van der Waals surface area contributed by atoms with Crippen molar-refractivity contribution in [1.29, 1.82) is 0 Å². The fourth-order valence-electron chi connectivity index (χ4n) is 13.8. The second kappa shape index (κ2) is 28.3. The highest BCUT2D eigenvalue weighted by molar-refractivity contribution is 6.07. The first-order chi connectivity index (χ1) is 37.5. The number of hydrogen-bond acceptors (Lipinski definition) is 12. The van der Waals surface area contributed by atoms with Gasteiger partial charge in [0.1, 0.15) is 19.0 Å². The molecule has 0 spiro atoms. The minimum atomic E-state index is -0.474. The predicted octanol–water partition coefficient (Wildman–Crippen LogP) is 10.9. The van der Waals surface area contributed by atoms with Gasteiger partial charge in [0.15, 0.2) is 28.8 Å². The quantitative estimate of drug-likeness (QED) is 0.0126. The maximum Gasteiger partial charge on any atom is 0.246 e. The topological polar surface area (TPSA) is 206 Å². The van der Waals surface area contributed by atoms with Crippen LogP contribution >= 0.6 is 0 Å². The van der Waals surface area contributed by atoms with Crippen molar-refractivity contribution in [3.8, 4) is 23.0 Å². The number of ether oxygens (including phenoxy) is 3. The predicted molar refractivity (Wildman–Crippen MR) is 306 cm³/mol. The lowest BCUT2D eigenvalue weighted by Gasteiger charge is -2.58. The van der Waals surface area contributed by atoms with Crippen LogP contribution in [0.1, 0.15) is 148 Å². The summed E-state index contributed by atoms with van der Waals surface area (Å²) >= 11 is 0. The summed E-state index contributed by atoms with van der Waals surface area (Å²) in [5.41, 5.74) is 4.34. The monoisotopic (exact) mass is 1070 g/mol. The van der Waals surface area contributed by atoms with Gasteiger partial charge in [0.25, 0.3) is 0 Å². The molecule has 15 nitrogen and oxygen atoms in total. The number of aliphatic hydroxyl groups excluding tert-OH is 1. The fourth-order valence-corrected chi connectivity index (χ4v) is 13.8. The number of benzene rings is 2. The van der Waals surface area contributed by atoms with Gasteiger partial charge in [0, 0.05) is 43.9 Å². The van der Waals surface area contributed by atoms with Crippen molar-refractivity contribution in [3.05, 3.63) is 94.5 Å². The molecular formula is C63H90N6O9. The van der Waals surface area contributed by atoms with E-state index in [1.54, 1.807) is 52.9 Å². The molecule has 3 saturated carbocycles. The Labute approximate surface area is 463 Å². The Kier molecular flexibility index (Phi) is 21.7. The van der Waals surface area contributed by atoms with Crippen molar-refractivity contribution < 1.29 is 43.9 Å². The molecule has 0 saturated heterocycles. The van der Waals surface area contributed by atoms with E-state index in [1.165, 1.54) is 109 Å².